The van der Waals surface area contributed by atoms with Gasteiger partial charge in [0.15, 0.2) is 0 Å². The zero-order valence-corrected chi connectivity index (χ0v) is 6.12. The molecule has 0 bridgehead atoms. The standard InChI is InChI=1S/C5H6N2O2.ClH/c1-3-2-4(8)7-5(9)6-3;/h2H,1H3,(H2,6,7,8,9);1H. The van der Waals surface area contributed by atoms with Gasteiger partial charge in [-0.2, -0.15) is 0 Å². The first-order chi connectivity index (χ1) is 4.18. The van der Waals surface area contributed by atoms with Gasteiger partial charge in [-0.15, -0.1) is 12.4 Å². The van der Waals surface area contributed by atoms with E-state index in [2.05, 4.69) is 4.98 Å². The Hall–Kier alpha value is -1.03. The second kappa shape index (κ2) is 3.22. The number of halogens is 1. The van der Waals surface area contributed by atoms with Gasteiger partial charge < -0.3 is 4.98 Å². The van der Waals surface area contributed by atoms with Gasteiger partial charge in [-0.25, -0.2) is 4.79 Å². The first-order valence-corrected chi connectivity index (χ1v) is 2.49. The third kappa shape index (κ3) is 2.06. The Kier molecular flexibility index (Phi) is 2.89. The van der Waals surface area contributed by atoms with Gasteiger partial charge in [-0.05, 0) is 6.92 Å². The van der Waals surface area contributed by atoms with Crippen LogP contribution in [-0.2, 0) is 0 Å². The van der Waals surface area contributed by atoms with Crippen LogP contribution in [0.2, 0.25) is 0 Å². The minimum atomic E-state index is -0.458. The Morgan fingerprint density at radius 2 is 1.90 bits per heavy atom. The molecule has 0 amide bonds. The Bertz CT molecular complexity index is 286. The highest BCUT2D eigenvalue weighted by atomic mass is 35.5. The van der Waals surface area contributed by atoms with Crippen molar-refractivity contribution in [3.05, 3.63) is 32.6 Å². The molecule has 5 heteroatoms. The molecule has 4 nitrogen and oxygen atoms in total. The number of aryl methyl sites for hydroxylation is 1. The lowest BCUT2D eigenvalue weighted by atomic mass is 10.5. The molecule has 0 aliphatic heterocycles. The number of hydrogen-bond donors (Lipinski definition) is 2. The lowest BCUT2D eigenvalue weighted by Gasteiger charge is -1.85. The van der Waals surface area contributed by atoms with Gasteiger partial charge in [0.05, 0.1) is 0 Å². The quantitative estimate of drug-likeness (QED) is 0.555. The number of aromatic amines is 2. The van der Waals surface area contributed by atoms with Crippen LogP contribution in [0.15, 0.2) is 15.7 Å². The molecule has 0 atom stereocenters. The van der Waals surface area contributed by atoms with Gasteiger partial charge in [0, 0.05) is 11.8 Å². The van der Waals surface area contributed by atoms with Crippen LogP contribution >= 0.6 is 12.4 Å². The molecule has 0 fully saturated rings. The summed E-state index contributed by atoms with van der Waals surface area (Å²) in [6, 6.07) is 1.32. The van der Waals surface area contributed by atoms with Crippen LogP contribution in [0.25, 0.3) is 0 Å². The maximum atomic E-state index is 10.4. The fraction of sp³-hybridized carbons (Fsp3) is 0.200. The van der Waals surface area contributed by atoms with Crippen molar-refractivity contribution in [2.24, 2.45) is 0 Å². The van der Waals surface area contributed by atoms with Gasteiger partial charge in [0.1, 0.15) is 0 Å². The molecule has 1 aromatic heterocycles. The molecule has 56 valence electrons. The van der Waals surface area contributed by atoms with Gasteiger partial charge in [-0.3, -0.25) is 9.78 Å². The molecule has 0 aliphatic carbocycles. The highest BCUT2D eigenvalue weighted by Crippen LogP contribution is 1.73. The molecule has 0 saturated heterocycles. The zero-order valence-electron chi connectivity index (χ0n) is 5.30. The highest BCUT2D eigenvalue weighted by Gasteiger charge is 1.86. The van der Waals surface area contributed by atoms with E-state index in [1.807, 2.05) is 4.98 Å². The van der Waals surface area contributed by atoms with E-state index >= 15 is 0 Å². The van der Waals surface area contributed by atoms with Crippen LogP contribution in [0.5, 0.6) is 0 Å². The van der Waals surface area contributed by atoms with Crippen molar-refractivity contribution >= 4 is 12.4 Å². The molecule has 1 heterocycles. The summed E-state index contributed by atoms with van der Waals surface area (Å²) >= 11 is 0. The van der Waals surface area contributed by atoms with Crippen LogP contribution in [-0.4, -0.2) is 9.97 Å². The van der Waals surface area contributed by atoms with Crippen molar-refractivity contribution in [2.45, 2.75) is 6.92 Å². The van der Waals surface area contributed by atoms with E-state index in [1.54, 1.807) is 6.92 Å². The fourth-order valence-corrected chi connectivity index (χ4v) is 0.591. The summed E-state index contributed by atoms with van der Waals surface area (Å²) in [5, 5.41) is 0. The molecule has 0 aliphatic rings. The van der Waals surface area contributed by atoms with Crippen molar-refractivity contribution in [1.82, 2.24) is 9.97 Å². The summed E-state index contributed by atoms with van der Waals surface area (Å²) in [7, 11) is 0. The number of aromatic nitrogens is 2. The SMILES string of the molecule is Cc1cc(=O)[nH]c(=O)[nH]1.Cl. The largest absolute Gasteiger partial charge is 0.325 e. The maximum absolute atomic E-state index is 10.4. The van der Waals surface area contributed by atoms with E-state index in [-0.39, 0.29) is 18.0 Å². The molecule has 0 radical (unpaired) electrons. The molecule has 1 aromatic rings. The number of H-pyrrole nitrogens is 2. The molecular weight excluding hydrogens is 156 g/mol. The smallest absolute Gasteiger partial charge is 0.312 e. The third-order valence-corrected chi connectivity index (χ3v) is 0.895. The summed E-state index contributed by atoms with van der Waals surface area (Å²) in [4.78, 5) is 25.3. The van der Waals surface area contributed by atoms with Crippen LogP contribution in [0.3, 0.4) is 0 Å². The predicted octanol–water partition coefficient (Wildman–Crippen LogP) is -0.207. The summed E-state index contributed by atoms with van der Waals surface area (Å²) in [5.41, 5.74) is -0.250. The van der Waals surface area contributed by atoms with E-state index in [0.29, 0.717) is 5.69 Å². The lowest BCUT2D eigenvalue weighted by molar-refractivity contribution is 0.994. The topological polar surface area (TPSA) is 65.7 Å². The molecule has 1 rings (SSSR count). The molecule has 2 N–H and O–H groups in total. The maximum Gasteiger partial charge on any atom is 0.325 e. The number of nitrogens with one attached hydrogen (secondary N) is 2. The van der Waals surface area contributed by atoms with E-state index in [0.717, 1.165) is 0 Å². The monoisotopic (exact) mass is 162 g/mol. The van der Waals surface area contributed by atoms with Gasteiger partial charge >= 0.3 is 5.69 Å². The average Bonchev–Trinajstić information content (AvgIpc) is 1.59. The van der Waals surface area contributed by atoms with Gasteiger partial charge in [0.25, 0.3) is 5.56 Å². The van der Waals surface area contributed by atoms with Crippen molar-refractivity contribution in [3.63, 3.8) is 0 Å². The van der Waals surface area contributed by atoms with Crippen LogP contribution < -0.4 is 11.2 Å². The fourth-order valence-electron chi connectivity index (χ4n) is 0.591. The third-order valence-electron chi connectivity index (χ3n) is 0.895. The van der Waals surface area contributed by atoms with Crippen molar-refractivity contribution < 1.29 is 0 Å². The van der Waals surface area contributed by atoms with Crippen molar-refractivity contribution in [2.75, 3.05) is 0 Å². The Labute approximate surface area is 62.7 Å². The first-order valence-electron chi connectivity index (χ1n) is 2.49. The average molecular weight is 163 g/mol. The molecular formula is C5H7ClN2O2. The number of rotatable bonds is 0. The van der Waals surface area contributed by atoms with Crippen LogP contribution in [0, 0.1) is 6.92 Å². The Morgan fingerprint density at radius 1 is 1.30 bits per heavy atom. The van der Waals surface area contributed by atoms with E-state index in [1.165, 1.54) is 6.07 Å². The highest BCUT2D eigenvalue weighted by molar-refractivity contribution is 5.85. The molecule has 0 saturated carbocycles. The van der Waals surface area contributed by atoms with Crippen molar-refractivity contribution in [1.29, 1.82) is 0 Å². The minimum Gasteiger partial charge on any atom is -0.312 e. The summed E-state index contributed by atoms with van der Waals surface area (Å²) in [6.07, 6.45) is 0. The van der Waals surface area contributed by atoms with E-state index in [4.69, 9.17) is 0 Å². The van der Waals surface area contributed by atoms with E-state index in [9.17, 15) is 9.59 Å². The molecule has 0 aromatic carbocycles. The summed E-state index contributed by atoms with van der Waals surface area (Å²) in [5.74, 6) is 0. The van der Waals surface area contributed by atoms with Crippen molar-refractivity contribution in [3.8, 4) is 0 Å². The predicted molar refractivity (Wildman–Crippen MR) is 39.7 cm³/mol. The molecule has 0 unspecified atom stereocenters. The first kappa shape index (κ1) is 8.97. The van der Waals surface area contributed by atoms with Crippen LogP contribution in [0.1, 0.15) is 5.69 Å². The minimum absolute atomic E-state index is 0. The van der Waals surface area contributed by atoms with E-state index < -0.39 is 5.69 Å². The zero-order chi connectivity index (χ0) is 6.85. The summed E-state index contributed by atoms with van der Waals surface area (Å²) in [6.45, 7) is 1.65. The normalized spacial score (nSPS) is 8.50. The number of hydrogen-bond acceptors (Lipinski definition) is 2. The second-order valence-electron chi connectivity index (χ2n) is 1.77. The van der Waals surface area contributed by atoms with Gasteiger partial charge in [-0.1, -0.05) is 0 Å². The summed E-state index contributed by atoms with van der Waals surface area (Å²) < 4.78 is 0. The van der Waals surface area contributed by atoms with Gasteiger partial charge in [0.2, 0.25) is 0 Å². The second-order valence-corrected chi connectivity index (χ2v) is 1.77. The van der Waals surface area contributed by atoms with Crippen LogP contribution in [0.4, 0.5) is 0 Å². The molecule has 10 heavy (non-hydrogen) atoms. The Morgan fingerprint density at radius 3 is 2.30 bits per heavy atom. The lowest BCUT2D eigenvalue weighted by Crippen LogP contribution is -2.21. The molecule has 0 spiro atoms. The Balaban J connectivity index is 0.000000810.